The molecule has 1 aromatic heterocycles. The summed E-state index contributed by atoms with van der Waals surface area (Å²) < 4.78 is 6.20. The van der Waals surface area contributed by atoms with Crippen LogP contribution < -0.4 is 0 Å². The van der Waals surface area contributed by atoms with Crippen LogP contribution in [0.25, 0.3) is 6.08 Å². The molecule has 2 aromatic rings. The SMILES string of the molecule is O=C1OC(c2cc(I)ccc2Cl)=N/C1=C\c1cccs1. The summed E-state index contributed by atoms with van der Waals surface area (Å²) in [7, 11) is 0. The van der Waals surface area contributed by atoms with Crippen LogP contribution in [0.3, 0.4) is 0 Å². The lowest BCUT2D eigenvalue weighted by molar-refractivity contribution is -0.129. The highest BCUT2D eigenvalue weighted by Crippen LogP contribution is 2.25. The quantitative estimate of drug-likeness (QED) is 0.415. The lowest BCUT2D eigenvalue weighted by Crippen LogP contribution is -2.06. The van der Waals surface area contributed by atoms with Gasteiger partial charge in [-0.15, -0.1) is 11.3 Å². The zero-order chi connectivity index (χ0) is 14.1. The number of rotatable bonds is 2. The lowest BCUT2D eigenvalue weighted by Gasteiger charge is -2.02. The fourth-order valence-corrected chi connectivity index (χ4v) is 3.03. The van der Waals surface area contributed by atoms with Gasteiger partial charge in [0, 0.05) is 8.45 Å². The molecule has 6 heteroatoms. The summed E-state index contributed by atoms with van der Waals surface area (Å²) in [5.74, 6) is -0.204. The minimum atomic E-state index is -0.455. The van der Waals surface area contributed by atoms with Crippen LogP contribution in [0, 0.1) is 3.57 Å². The number of hydrogen-bond donors (Lipinski definition) is 0. The van der Waals surface area contributed by atoms with Crippen molar-refractivity contribution in [1.82, 2.24) is 0 Å². The maximum absolute atomic E-state index is 11.8. The van der Waals surface area contributed by atoms with Crippen molar-refractivity contribution in [3.8, 4) is 0 Å². The van der Waals surface area contributed by atoms with E-state index in [1.54, 1.807) is 12.1 Å². The molecule has 1 aromatic carbocycles. The second-order valence-corrected chi connectivity index (χ2v) is 6.61. The molecule has 0 amide bonds. The van der Waals surface area contributed by atoms with Crippen LogP contribution in [0.2, 0.25) is 5.02 Å². The number of carbonyl (C=O) groups excluding carboxylic acids is 1. The summed E-state index contributed by atoms with van der Waals surface area (Å²) in [6.07, 6.45) is 1.71. The molecule has 0 unspecified atom stereocenters. The molecule has 0 bridgehead atoms. The molecule has 20 heavy (non-hydrogen) atoms. The van der Waals surface area contributed by atoms with Crippen molar-refractivity contribution >= 4 is 63.5 Å². The van der Waals surface area contributed by atoms with E-state index in [4.69, 9.17) is 16.3 Å². The summed E-state index contributed by atoms with van der Waals surface area (Å²) in [6, 6.07) is 9.31. The number of cyclic esters (lactones) is 1. The van der Waals surface area contributed by atoms with E-state index in [-0.39, 0.29) is 11.6 Å². The van der Waals surface area contributed by atoms with Crippen molar-refractivity contribution in [2.45, 2.75) is 0 Å². The van der Waals surface area contributed by atoms with Gasteiger partial charge in [-0.3, -0.25) is 0 Å². The van der Waals surface area contributed by atoms with Crippen LogP contribution in [-0.4, -0.2) is 11.9 Å². The summed E-state index contributed by atoms with van der Waals surface area (Å²) in [5.41, 5.74) is 0.916. The molecule has 0 spiro atoms. The third-order valence-corrected chi connectivity index (χ3v) is 4.42. The Labute approximate surface area is 138 Å². The maximum atomic E-state index is 11.8. The van der Waals surface area contributed by atoms with E-state index < -0.39 is 5.97 Å². The summed E-state index contributed by atoms with van der Waals surface area (Å²) >= 11 is 9.83. The van der Waals surface area contributed by atoms with Gasteiger partial charge < -0.3 is 4.74 Å². The Morgan fingerprint density at radius 1 is 1.35 bits per heavy atom. The largest absolute Gasteiger partial charge is 0.402 e. The average Bonchev–Trinajstić information content (AvgIpc) is 3.04. The topological polar surface area (TPSA) is 38.7 Å². The summed E-state index contributed by atoms with van der Waals surface area (Å²) in [5, 5.41) is 2.45. The van der Waals surface area contributed by atoms with Gasteiger partial charge >= 0.3 is 5.97 Å². The fraction of sp³-hybridized carbons (Fsp3) is 0. The van der Waals surface area contributed by atoms with Crippen molar-refractivity contribution in [2.75, 3.05) is 0 Å². The molecule has 0 saturated carbocycles. The summed E-state index contributed by atoms with van der Waals surface area (Å²) in [6.45, 7) is 0. The van der Waals surface area contributed by atoms with Crippen molar-refractivity contribution in [3.05, 3.63) is 60.4 Å². The second-order valence-electron chi connectivity index (χ2n) is 3.98. The van der Waals surface area contributed by atoms with Gasteiger partial charge in [-0.2, -0.15) is 0 Å². The number of nitrogens with zero attached hydrogens (tertiary/aromatic N) is 1. The third kappa shape index (κ3) is 2.79. The molecule has 0 N–H and O–H groups in total. The van der Waals surface area contributed by atoms with Gasteiger partial charge in [-0.05, 0) is 58.3 Å². The molecule has 0 atom stereocenters. The number of aliphatic imine (C=N–C) groups is 1. The lowest BCUT2D eigenvalue weighted by atomic mass is 10.2. The van der Waals surface area contributed by atoms with Crippen LogP contribution in [-0.2, 0) is 9.53 Å². The Bertz CT molecular complexity index is 738. The first kappa shape index (κ1) is 13.8. The van der Waals surface area contributed by atoms with Gasteiger partial charge in [0.25, 0.3) is 0 Å². The molecule has 1 aliphatic heterocycles. The van der Waals surface area contributed by atoms with E-state index >= 15 is 0 Å². The fourth-order valence-electron chi connectivity index (χ4n) is 1.69. The maximum Gasteiger partial charge on any atom is 0.363 e. The van der Waals surface area contributed by atoms with E-state index in [1.165, 1.54) is 11.3 Å². The van der Waals surface area contributed by atoms with Gasteiger partial charge in [-0.25, -0.2) is 9.79 Å². The van der Waals surface area contributed by atoms with Crippen LogP contribution >= 0.6 is 45.5 Å². The first-order valence-electron chi connectivity index (χ1n) is 5.65. The normalized spacial score (nSPS) is 16.4. The predicted octanol–water partition coefficient (Wildman–Crippen LogP) is 4.35. The molecular weight excluding hydrogens is 409 g/mol. The monoisotopic (exact) mass is 415 g/mol. The van der Waals surface area contributed by atoms with Crippen LogP contribution in [0.1, 0.15) is 10.4 Å². The Morgan fingerprint density at radius 2 is 2.20 bits per heavy atom. The van der Waals surface area contributed by atoms with Crippen molar-refractivity contribution < 1.29 is 9.53 Å². The predicted molar refractivity (Wildman–Crippen MR) is 89.1 cm³/mol. The Balaban J connectivity index is 2.00. The molecule has 3 rings (SSSR count). The van der Waals surface area contributed by atoms with E-state index in [2.05, 4.69) is 27.6 Å². The smallest absolute Gasteiger partial charge is 0.363 e. The van der Waals surface area contributed by atoms with Crippen LogP contribution in [0.5, 0.6) is 0 Å². The van der Waals surface area contributed by atoms with E-state index in [1.807, 2.05) is 29.6 Å². The molecule has 3 nitrogen and oxygen atoms in total. The number of halogens is 2. The zero-order valence-electron chi connectivity index (χ0n) is 9.97. The molecule has 100 valence electrons. The van der Waals surface area contributed by atoms with Crippen molar-refractivity contribution in [2.24, 2.45) is 4.99 Å². The molecule has 0 saturated heterocycles. The minimum absolute atomic E-state index is 0.251. The molecule has 1 aliphatic rings. The zero-order valence-corrected chi connectivity index (χ0v) is 13.7. The highest BCUT2D eigenvalue weighted by molar-refractivity contribution is 14.1. The molecule has 0 radical (unpaired) electrons. The minimum Gasteiger partial charge on any atom is -0.402 e. The van der Waals surface area contributed by atoms with Gasteiger partial charge in [0.2, 0.25) is 5.90 Å². The van der Waals surface area contributed by atoms with E-state index in [9.17, 15) is 4.79 Å². The van der Waals surface area contributed by atoms with Gasteiger partial charge in [0.1, 0.15) is 0 Å². The molecule has 2 heterocycles. The first-order valence-corrected chi connectivity index (χ1v) is 7.98. The number of ether oxygens (including phenoxy) is 1. The molecule has 0 fully saturated rings. The standard InChI is InChI=1S/C14H7ClINO2S/c15-11-4-3-8(16)6-10(11)13-17-12(14(18)19-13)7-9-2-1-5-20-9/h1-7H/b12-7-. The third-order valence-electron chi connectivity index (χ3n) is 2.60. The summed E-state index contributed by atoms with van der Waals surface area (Å²) in [4.78, 5) is 17.0. The number of thiophene rings is 1. The van der Waals surface area contributed by atoms with Crippen LogP contribution in [0.15, 0.2) is 46.4 Å². The Hall–Kier alpha value is -1.18. The van der Waals surface area contributed by atoms with E-state index in [0.29, 0.717) is 10.6 Å². The van der Waals surface area contributed by atoms with Crippen LogP contribution in [0.4, 0.5) is 0 Å². The highest BCUT2D eigenvalue weighted by atomic mass is 127. The number of carbonyl (C=O) groups is 1. The van der Waals surface area contributed by atoms with Crippen molar-refractivity contribution in [3.63, 3.8) is 0 Å². The average molecular weight is 416 g/mol. The first-order chi connectivity index (χ1) is 9.63. The number of benzene rings is 1. The Morgan fingerprint density at radius 3 is 2.95 bits per heavy atom. The second kappa shape index (κ2) is 5.67. The van der Waals surface area contributed by atoms with Crippen molar-refractivity contribution in [1.29, 1.82) is 0 Å². The Kier molecular flexibility index (Phi) is 3.91. The van der Waals surface area contributed by atoms with E-state index in [0.717, 1.165) is 8.45 Å². The molecule has 0 aliphatic carbocycles. The molecular formula is C14H7ClINO2S. The van der Waals surface area contributed by atoms with Gasteiger partial charge in [0.05, 0.1) is 10.6 Å². The number of hydrogen-bond acceptors (Lipinski definition) is 4. The highest BCUT2D eigenvalue weighted by Gasteiger charge is 2.25. The van der Waals surface area contributed by atoms with Gasteiger partial charge in [-0.1, -0.05) is 17.7 Å². The van der Waals surface area contributed by atoms with Gasteiger partial charge in [0.15, 0.2) is 5.70 Å². The number of esters is 1.